The zero-order valence-corrected chi connectivity index (χ0v) is 17.8. The number of amides is 2. The lowest BCUT2D eigenvalue weighted by Gasteiger charge is -2.43. The number of carbonyl (C=O) groups excluding carboxylic acids is 2. The van der Waals surface area contributed by atoms with Gasteiger partial charge >= 0.3 is 0 Å². The summed E-state index contributed by atoms with van der Waals surface area (Å²) in [6, 6.07) is 6.21. The minimum atomic E-state index is -0.479. The number of rotatable bonds is 4. The summed E-state index contributed by atoms with van der Waals surface area (Å²) in [5.74, 6) is -0.00666. The Morgan fingerprint density at radius 1 is 1.10 bits per heavy atom. The molecule has 7 nitrogen and oxygen atoms in total. The van der Waals surface area contributed by atoms with E-state index in [0.29, 0.717) is 26.2 Å². The average Bonchev–Trinajstić information content (AvgIpc) is 3.48. The fourth-order valence-corrected chi connectivity index (χ4v) is 5.06. The Hall–Kier alpha value is -2.74. The van der Waals surface area contributed by atoms with Gasteiger partial charge in [0, 0.05) is 46.0 Å². The van der Waals surface area contributed by atoms with Crippen molar-refractivity contribution >= 4 is 17.5 Å². The van der Waals surface area contributed by atoms with Crippen LogP contribution in [0.1, 0.15) is 31.2 Å². The first kappa shape index (κ1) is 20.2. The largest absolute Gasteiger partial charge is 0.339 e. The SMILES string of the molecule is Cn1cc(N2CCC[C@H](N3CCN(C(=O)C4(c5ccc(F)cc5)CC4)CC3)C2=O)cn1. The number of piperidine rings is 1. The molecule has 0 unspecified atom stereocenters. The number of carbonyl (C=O) groups is 2. The van der Waals surface area contributed by atoms with Crippen LogP contribution in [0.2, 0.25) is 0 Å². The highest BCUT2D eigenvalue weighted by atomic mass is 19.1. The van der Waals surface area contributed by atoms with Crippen molar-refractivity contribution in [3.05, 3.63) is 48.0 Å². The molecule has 0 N–H and O–H groups in total. The van der Waals surface area contributed by atoms with E-state index in [1.807, 2.05) is 23.0 Å². The summed E-state index contributed by atoms with van der Waals surface area (Å²) in [5.41, 5.74) is 1.28. The van der Waals surface area contributed by atoms with Crippen LogP contribution in [-0.4, -0.2) is 70.2 Å². The van der Waals surface area contributed by atoms with Crippen molar-refractivity contribution in [2.45, 2.75) is 37.1 Å². The van der Waals surface area contributed by atoms with Crippen LogP contribution in [-0.2, 0) is 22.1 Å². The second-order valence-electron chi connectivity index (χ2n) is 8.94. The van der Waals surface area contributed by atoms with Gasteiger partial charge in [0.15, 0.2) is 0 Å². The molecule has 8 heteroatoms. The maximum absolute atomic E-state index is 13.3. The van der Waals surface area contributed by atoms with Crippen LogP contribution in [0.3, 0.4) is 0 Å². The quantitative estimate of drug-likeness (QED) is 0.751. The smallest absolute Gasteiger partial charge is 0.244 e. The van der Waals surface area contributed by atoms with Crippen molar-refractivity contribution in [1.82, 2.24) is 19.6 Å². The Morgan fingerprint density at radius 2 is 1.81 bits per heavy atom. The molecule has 1 aromatic carbocycles. The third-order valence-electron chi connectivity index (χ3n) is 7.01. The minimum absolute atomic E-state index is 0.129. The number of anilines is 1. The zero-order chi connectivity index (χ0) is 21.6. The molecule has 3 aliphatic rings. The number of hydrogen-bond acceptors (Lipinski definition) is 4. The van der Waals surface area contributed by atoms with Crippen LogP contribution < -0.4 is 4.90 Å². The number of aromatic nitrogens is 2. The fourth-order valence-electron chi connectivity index (χ4n) is 5.06. The lowest BCUT2D eigenvalue weighted by Crippen LogP contribution is -2.59. The molecule has 5 rings (SSSR count). The maximum Gasteiger partial charge on any atom is 0.244 e. The third-order valence-corrected chi connectivity index (χ3v) is 7.01. The van der Waals surface area contributed by atoms with E-state index in [9.17, 15) is 14.0 Å². The first-order chi connectivity index (χ1) is 15.0. The van der Waals surface area contributed by atoms with E-state index in [1.165, 1.54) is 12.1 Å². The van der Waals surface area contributed by atoms with Crippen LogP contribution in [0.25, 0.3) is 0 Å². The summed E-state index contributed by atoms with van der Waals surface area (Å²) >= 11 is 0. The minimum Gasteiger partial charge on any atom is -0.339 e. The molecule has 2 amide bonds. The average molecular weight is 426 g/mol. The first-order valence-corrected chi connectivity index (χ1v) is 11.1. The lowest BCUT2D eigenvalue weighted by atomic mass is 9.93. The molecule has 0 radical (unpaired) electrons. The highest BCUT2D eigenvalue weighted by molar-refractivity contribution is 5.97. The van der Waals surface area contributed by atoms with Crippen LogP contribution >= 0.6 is 0 Å². The molecule has 3 heterocycles. The Morgan fingerprint density at radius 3 is 2.42 bits per heavy atom. The number of halogens is 1. The van der Waals surface area contributed by atoms with Crippen LogP contribution in [0.15, 0.2) is 36.7 Å². The van der Waals surface area contributed by atoms with Crippen molar-refractivity contribution in [3.8, 4) is 0 Å². The van der Waals surface area contributed by atoms with Crippen molar-refractivity contribution in [2.24, 2.45) is 7.05 Å². The summed E-state index contributed by atoms with van der Waals surface area (Å²) in [6.45, 7) is 3.36. The Kier molecular flexibility index (Phi) is 5.04. The fraction of sp³-hybridized carbons (Fsp3) is 0.522. The number of hydrogen-bond donors (Lipinski definition) is 0. The normalized spacial score (nSPS) is 23.8. The first-order valence-electron chi connectivity index (χ1n) is 11.1. The van der Waals surface area contributed by atoms with E-state index >= 15 is 0 Å². The Balaban J connectivity index is 1.23. The molecular formula is C23H28FN5O2. The third kappa shape index (κ3) is 3.63. The highest BCUT2D eigenvalue weighted by Gasteiger charge is 2.53. The van der Waals surface area contributed by atoms with Gasteiger partial charge in [0.25, 0.3) is 0 Å². The number of nitrogens with zero attached hydrogens (tertiary/aromatic N) is 5. The molecule has 164 valence electrons. The summed E-state index contributed by atoms with van der Waals surface area (Å²) in [7, 11) is 1.85. The van der Waals surface area contributed by atoms with Crippen molar-refractivity contribution in [3.63, 3.8) is 0 Å². The molecule has 1 saturated carbocycles. The molecule has 1 atom stereocenters. The predicted octanol–water partition coefficient (Wildman–Crippen LogP) is 1.93. The number of piperazine rings is 1. The summed E-state index contributed by atoms with van der Waals surface area (Å²) in [4.78, 5) is 32.4. The molecule has 31 heavy (non-hydrogen) atoms. The summed E-state index contributed by atoms with van der Waals surface area (Å²) in [5, 5.41) is 4.20. The number of benzene rings is 1. The highest BCUT2D eigenvalue weighted by Crippen LogP contribution is 2.49. The van der Waals surface area contributed by atoms with Crippen molar-refractivity contribution in [1.29, 1.82) is 0 Å². The maximum atomic E-state index is 13.3. The molecular weight excluding hydrogens is 397 g/mol. The zero-order valence-electron chi connectivity index (χ0n) is 17.8. The van der Waals surface area contributed by atoms with Gasteiger partial charge in [-0.15, -0.1) is 0 Å². The van der Waals surface area contributed by atoms with Gasteiger partial charge in [0.2, 0.25) is 11.8 Å². The topological polar surface area (TPSA) is 61.7 Å². The molecule has 1 aliphatic carbocycles. The Labute approximate surface area is 181 Å². The molecule has 2 saturated heterocycles. The molecule has 1 aromatic heterocycles. The summed E-state index contributed by atoms with van der Waals surface area (Å²) < 4.78 is 15.0. The molecule has 2 aliphatic heterocycles. The Bertz CT molecular complexity index is 976. The molecule has 0 spiro atoms. The van der Waals surface area contributed by atoms with Gasteiger partial charge in [-0.2, -0.15) is 5.10 Å². The lowest BCUT2D eigenvalue weighted by molar-refractivity contribution is -0.137. The van der Waals surface area contributed by atoms with E-state index in [4.69, 9.17) is 0 Å². The van der Waals surface area contributed by atoms with Gasteiger partial charge in [-0.25, -0.2) is 4.39 Å². The van der Waals surface area contributed by atoms with Gasteiger partial charge in [0.1, 0.15) is 5.82 Å². The standard InChI is InChI=1S/C23H28FN5O2/c1-26-16-19(15-25-26)29-10-2-3-20(21(29)30)27-11-13-28(14-12-27)22(31)23(8-9-23)17-4-6-18(24)7-5-17/h4-7,15-16,20H,2-3,8-14H2,1H3/t20-/m0/s1. The summed E-state index contributed by atoms with van der Waals surface area (Å²) in [6.07, 6.45) is 7.06. The molecule has 3 fully saturated rings. The van der Waals surface area contributed by atoms with Gasteiger partial charge in [-0.05, 0) is 43.4 Å². The van der Waals surface area contributed by atoms with E-state index < -0.39 is 5.41 Å². The van der Waals surface area contributed by atoms with Crippen LogP contribution in [0, 0.1) is 5.82 Å². The second kappa shape index (κ2) is 7.75. The van der Waals surface area contributed by atoms with E-state index in [1.54, 1.807) is 23.0 Å². The second-order valence-corrected chi connectivity index (χ2v) is 8.94. The van der Waals surface area contributed by atoms with Crippen LogP contribution in [0.4, 0.5) is 10.1 Å². The van der Waals surface area contributed by atoms with E-state index in [-0.39, 0.29) is 23.7 Å². The molecule has 2 aromatic rings. The molecule has 0 bridgehead atoms. The van der Waals surface area contributed by atoms with Gasteiger partial charge in [-0.3, -0.25) is 19.2 Å². The monoisotopic (exact) mass is 425 g/mol. The van der Waals surface area contributed by atoms with Crippen molar-refractivity contribution in [2.75, 3.05) is 37.6 Å². The van der Waals surface area contributed by atoms with Gasteiger partial charge in [-0.1, -0.05) is 12.1 Å². The predicted molar refractivity (Wildman–Crippen MR) is 114 cm³/mol. The van der Waals surface area contributed by atoms with E-state index in [0.717, 1.165) is 43.5 Å². The van der Waals surface area contributed by atoms with Gasteiger partial charge in [0.05, 0.1) is 23.3 Å². The van der Waals surface area contributed by atoms with E-state index in [2.05, 4.69) is 10.00 Å². The van der Waals surface area contributed by atoms with Gasteiger partial charge < -0.3 is 9.80 Å². The van der Waals surface area contributed by atoms with Crippen LogP contribution in [0.5, 0.6) is 0 Å². The number of aryl methyl sites for hydroxylation is 1. The van der Waals surface area contributed by atoms with Crippen molar-refractivity contribution < 1.29 is 14.0 Å².